The fourth-order valence-corrected chi connectivity index (χ4v) is 3.52. The van der Waals surface area contributed by atoms with Crippen LogP contribution < -0.4 is 5.32 Å². The standard InChI is InChI=1S/C15H21NO/c1-12-6-2-3-7-13(12)15-9-5-4-8-14(15)17-11-10-16-15/h2-3,6-7,14,16H,4-5,8-11H2,1H3. The minimum Gasteiger partial charge on any atom is -0.375 e. The maximum absolute atomic E-state index is 6.03. The van der Waals surface area contributed by atoms with Gasteiger partial charge in [-0.1, -0.05) is 37.1 Å². The fourth-order valence-electron chi connectivity index (χ4n) is 3.52. The smallest absolute Gasteiger partial charge is 0.0799 e. The maximum atomic E-state index is 6.03. The average molecular weight is 231 g/mol. The van der Waals surface area contributed by atoms with Crippen molar-refractivity contribution in [3.63, 3.8) is 0 Å². The van der Waals surface area contributed by atoms with Crippen molar-refractivity contribution in [2.45, 2.75) is 44.2 Å². The molecule has 0 radical (unpaired) electrons. The molecule has 0 spiro atoms. The van der Waals surface area contributed by atoms with Crippen molar-refractivity contribution >= 4 is 0 Å². The van der Waals surface area contributed by atoms with Crippen LogP contribution in [0.15, 0.2) is 24.3 Å². The summed E-state index contributed by atoms with van der Waals surface area (Å²) in [5.74, 6) is 0. The second-order valence-electron chi connectivity index (χ2n) is 5.32. The highest BCUT2D eigenvalue weighted by Crippen LogP contribution is 2.41. The summed E-state index contributed by atoms with van der Waals surface area (Å²) >= 11 is 0. The average Bonchev–Trinajstić information content (AvgIpc) is 2.39. The Morgan fingerprint density at radius 2 is 2.18 bits per heavy atom. The van der Waals surface area contributed by atoms with E-state index in [1.165, 1.54) is 36.8 Å². The molecule has 3 rings (SSSR count). The molecule has 2 fully saturated rings. The van der Waals surface area contributed by atoms with Crippen LogP contribution in [0.25, 0.3) is 0 Å². The second-order valence-corrected chi connectivity index (χ2v) is 5.32. The van der Waals surface area contributed by atoms with Crippen molar-refractivity contribution in [3.8, 4) is 0 Å². The number of rotatable bonds is 1. The van der Waals surface area contributed by atoms with E-state index in [0.717, 1.165) is 13.2 Å². The normalized spacial score (nSPS) is 33.1. The van der Waals surface area contributed by atoms with Gasteiger partial charge in [0.2, 0.25) is 0 Å². The minimum atomic E-state index is 0.0852. The van der Waals surface area contributed by atoms with Gasteiger partial charge in [0.05, 0.1) is 18.2 Å². The molecule has 2 unspecified atom stereocenters. The molecular formula is C15H21NO. The summed E-state index contributed by atoms with van der Waals surface area (Å²) in [6.07, 6.45) is 5.39. The molecule has 1 aromatic carbocycles. The predicted octanol–water partition coefficient (Wildman–Crippen LogP) is 2.75. The Bertz CT molecular complexity index is 390. The van der Waals surface area contributed by atoms with E-state index in [1.807, 2.05) is 0 Å². The molecule has 0 aromatic heterocycles. The number of aryl methyl sites for hydroxylation is 1. The Morgan fingerprint density at radius 3 is 3.06 bits per heavy atom. The van der Waals surface area contributed by atoms with Gasteiger partial charge in [-0.3, -0.25) is 0 Å². The van der Waals surface area contributed by atoms with Gasteiger partial charge in [0.25, 0.3) is 0 Å². The van der Waals surface area contributed by atoms with Crippen molar-refractivity contribution in [2.75, 3.05) is 13.2 Å². The Morgan fingerprint density at radius 1 is 1.29 bits per heavy atom. The van der Waals surface area contributed by atoms with Crippen LogP contribution in [0.5, 0.6) is 0 Å². The number of nitrogens with one attached hydrogen (secondary N) is 1. The number of morpholine rings is 1. The lowest BCUT2D eigenvalue weighted by Gasteiger charge is -2.48. The number of hydrogen-bond acceptors (Lipinski definition) is 2. The van der Waals surface area contributed by atoms with Crippen LogP contribution in [-0.4, -0.2) is 19.3 Å². The predicted molar refractivity (Wildman–Crippen MR) is 69.1 cm³/mol. The van der Waals surface area contributed by atoms with Gasteiger partial charge in [0, 0.05) is 6.54 Å². The number of benzene rings is 1. The highest BCUT2D eigenvalue weighted by Gasteiger charge is 2.45. The minimum absolute atomic E-state index is 0.0852. The van der Waals surface area contributed by atoms with Crippen molar-refractivity contribution < 1.29 is 4.74 Å². The summed E-state index contributed by atoms with van der Waals surface area (Å²) in [5, 5.41) is 3.77. The molecule has 2 atom stereocenters. The van der Waals surface area contributed by atoms with Gasteiger partial charge in [0.1, 0.15) is 0 Å². The van der Waals surface area contributed by atoms with Gasteiger partial charge in [0.15, 0.2) is 0 Å². The van der Waals surface area contributed by atoms with Crippen molar-refractivity contribution in [1.29, 1.82) is 0 Å². The van der Waals surface area contributed by atoms with Gasteiger partial charge in [-0.15, -0.1) is 0 Å². The fraction of sp³-hybridized carbons (Fsp3) is 0.600. The summed E-state index contributed by atoms with van der Waals surface area (Å²) in [4.78, 5) is 0. The Labute approximate surface area is 103 Å². The van der Waals surface area contributed by atoms with Crippen LogP contribution in [0.1, 0.15) is 36.8 Å². The molecule has 1 saturated carbocycles. The van der Waals surface area contributed by atoms with Gasteiger partial charge >= 0.3 is 0 Å². The van der Waals surface area contributed by atoms with Crippen molar-refractivity contribution in [2.24, 2.45) is 0 Å². The van der Waals surface area contributed by atoms with E-state index < -0.39 is 0 Å². The van der Waals surface area contributed by atoms with Crippen LogP contribution in [-0.2, 0) is 10.3 Å². The zero-order valence-electron chi connectivity index (χ0n) is 10.5. The summed E-state index contributed by atoms with van der Waals surface area (Å²) in [6, 6.07) is 8.76. The number of hydrogen-bond donors (Lipinski definition) is 1. The third-order valence-corrected chi connectivity index (χ3v) is 4.32. The molecule has 1 aliphatic carbocycles. The van der Waals surface area contributed by atoms with Gasteiger partial charge in [-0.25, -0.2) is 0 Å². The first-order chi connectivity index (χ1) is 8.33. The summed E-state index contributed by atoms with van der Waals surface area (Å²) in [7, 11) is 0. The van der Waals surface area contributed by atoms with E-state index in [2.05, 4.69) is 36.5 Å². The molecular weight excluding hydrogens is 210 g/mol. The molecule has 1 N–H and O–H groups in total. The second kappa shape index (κ2) is 4.43. The third-order valence-electron chi connectivity index (χ3n) is 4.32. The van der Waals surface area contributed by atoms with Crippen LogP contribution in [0.2, 0.25) is 0 Å². The van der Waals surface area contributed by atoms with E-state index in [-0.39, 0.29) is 5.54 Å². The molecule has 92 valence electrons. The highest BCUT2D eigenvalue weighted by molar-refractivity contribution is 5.35. The van der Waals surface area contributed by atoms with Crippen LogP contribution in [0, 0.1) is 6.92 Å². The van der Waals surface area contributed by atoms with E-state index in [1.54, 1.807) is 0 Å². The van der Waals surface area contributed by atoms with E-state index >= 15 is 0 Å². The van der Waals surface area contributed by atoms with Gasteiger partial charge in [-0.2, -0.15) is 0 Å². The first kappa shape index (κ1) is 11.2. The SMILES string of the molecule is Cc1ccccc1C12CCCCC1OCCN2. The van der Waals surface area contributed by atoms with E-state index in [0.29, 0.717) is 6.10 Å². The third kappa shape index (κ3) is 1.80. The summed E-state index contributed by atoms with van der Waals surface area (Å²) < 4.78 is 6.03. The molecule has 0 amide bonds. The molecule has 1 heterocycles. The quantitative estimate of drug-likeness (QED) is 0.802. The summed E-state index contributed by atoms with van der Waals surface area (Å²) in [6.45, 7) is 4.05. The van der Waals surface area contributed by atoms with Gasteiger partial charge in [-0.05, 0) is 30.9 Å². The topological polar surface area (TPSA) is 21.3 Å². The van der Waals surface area contributed by atoms with E-state index in [9.17, 15) is 0 Å². The molecule has 2 nitrogen and oxygen atoms in total. The highest BCUT2D eigenvalue weighted by atomic mass is 16.5. The summed E-state index contributed by atoms with van der Waals surface area (Å²) in [5.41, 5.74) is 2.92. The number of ether oxygens (including phenoxy) is 1. The first-order valence-corrected chi connectivity index (χ1v) is 6.76. The largest absolute Gasteiger partial charge is 0.375 e. The molecule has 2 aliphatic rings. The zero-order chi connectivity index (χ0) is 11.7. The lowest BCUT2D eigenvalue weighted by molar-refractivity contribution is -0.0758. The zero-order valence-corrected chi connectivity index (χ0v) is 10.5. The van der Waals surface area contributed by atoms with Crippen LogP contribution in [0.4, 0.5) is 0 Å². The molecule has 17 heavy (non-hydrogen) atoms. The molecule has 1 saturated heterocycles. The molecule has 2 heteroatoms. The monoisotopic (exact) mass is 231 g/mol. The van der Waals surface area contributed by atoms with Gasteiger partial charge < -0.3 is 10.1 Å². The molecule has 1 aliphatic heterocycles. The lowest BCUT2D eigenvalue weighted by atomic mass is 9.72. The maximum Gasteiger partial charge on any atom is 0.0799 e. The number of fused-ring (bicyclic) bond motifs is 1. The van der Waals surface area contributed by atoms with E-state index in [4.69, 9.17) is 4.74 Å². The first-order valence-electron chi connectivity index (χ1n) is 6.76. The van der Waals surface area contributed by atoms with Crippen molar-refractivity contribution in [3.05, 3.63) is 35.4 Å². The van der Waals surface area contributed by atoms with Crippen LogP contribution in [0.3, 0.4) is 0 Å². The molecule has 0 bridgehead atoms. The lowest BCUT2D eigenvalue weighted by Crippen LogP contribution is -2.59. The van der Waals surface area contributed by atoms with Crippen molar-refractivity contribution in [1.82, 2.24) is 5.32 Å². The Kier molecular flexibility index (Phi) is 2.93. The molecule has 1 aromatic rings. The van der Waals surface area contributed by atoms with Crippen LogP contribution >= 0.6 is 0 Å². The Balaban J connectivity index is 2.04. The Hall–Kier alpha value is -0.860.